The number of H-pyrrole nitrogens is 1. The lowest BCUT2D eigenvalue weighted by Gasteiger charge is -2.07. The van der Waals surface area contributed by atoms with Crippen LogP contribution in [0.4, 0.5) is 0 Å². The number of rotatable bonds is 6. The summed E-state index contributed by atoms with van der Waals surface area (Å²) in [5, 5.41) is 2.80. The lowest BCUT2D eigenvalue weighted by atomic mass is 10.2. The number of ether oxygens (including phenoxy) is 1. The number of aromatic nitrogens is 2. The number of nitrogens with one attached hydrogen (secondary N) is 2. The van der Waals surface area contributed by atoms with E-state index in [4.69, 9.17) is 4.74 Å². The molecule has 0 unspecified atom stereocenters. The van der Waals surface area contributed by atoms with Gasteiger partial charge in [-0.15, -0.1) is 0 Å². The van der Waals surface area contributed by atoms with Gasteiger partial charge in [0.05, 0.1) is 17.6 Å². The van der Waals surface area contributed by atoms with E-state index in [1.54, 1.807) is 0 Å². The summed E-state index contributed by atoms with van der Waals surface area (Å²) >= 11 is 0. The number of aryl methyl sites for hydroxylation is 1. The van der Waals surface area contributed by atoms with Gasteiger partial charge in [0.2, 0.25) is 0 Å². The highest BCUT2D eigenvalue weighted by Crippen LogP contribution is 2.12. The van der Waals surface area contributed by atoms with E-state index < -0.39 is 0 Å². The third-order valence-corrected chi connectivity index (χ3v) is 3.59. The normalized spacial score (nSPS) is 10.7. The summed E-state index contributed by atoms with van der Waals surface area (Å²) in [7, 11) is 0. The van der Waals surface area contributed by atoms with E-state index in [0.29, 0.717) is 12.3 Å². The molecule has 0 fully saturated rings. The zero-order valence-corrected chi connectivity index (χ0v) is 13.0. The molecular formula is C18H19N3O2. The molecule has 2 aromatic carbocycles. The smallest absolute Gasteiger partial charge is 0.258 e. The van der Waals surface area contributed by atoms with Gasteiger partial charge in [-0.1, -0.05) is 31.2 Å². The third-order valence-electron chi connectivity index (χ3n) is 3.59. The van der Waals surface area contributed by atoms with Crippen molar-refractivity contribution in [1.82, 2.24) is 15.3 Å². The molecule has 2 N–H and O–H groups in total. The molecule has 0 radical (unpaired) electrons. The molecule has 3 aromatic rings. The molecule has 1 heterocycles. The van der Waals surface area contributed by atoms with E-state index in [1.165, 1.54) is 5.56 Å². The lowest BCUT2D eigenvalue weighted by Crippen LogP contribution is -2.28. The van der Waals surface area contributed by atoms with Crippen molar-refractivity contribution in [3.05, 3.63) is 59.9 Å². The van der Waals surface area contributed by atoms with Crippen molar-refractivity contribution < 1.29 is 9.53 Å². The Bertz CT molecular complexity index is 760. The van der Waals surface area contributed by atoms with Crippen LogP contribution in [0.2, 0.25) is 0 Å². The van der Waals surface area contributed by atoms with Crippen LogP contribution < -0.4 is 10.1 Å². The number of carbonyl (C=O) groups is 1. The van der Waals surface area contributed by atoms with E-state index in [-0.39, 0.29) is 12.5 Å². The molecule has 1 amide bonds. The van der Waals surface area contributed by atoms with Crippen molar-refractivity contribution in [3.63, 3.8) is 0 Å². The van der Waals surface area contributed by atoms with Crippen LogP contribution in [0.15, 0.2) is 48.5 Å². The van der Waals surface area contributed by atoms with Gasteiger partial charge in [0.25, 0.3) is 5.91 Å². The Morgan fingerprint density at radius 1 is 1.17 bits per heavy atom. The molecule has 118 valence electrons. The predicted octanol–water partition coefficient (Wildman–Crippen LogP) is 2.82. The number of amides is 1. The van der Waals surface area contributed by atoms with Crippen molar-refractivity contribution in [2.75, 3.05) is 6.61 Å². The van der Waals surface area contributed by atoms with Gasteiger partial charge in [-0.2, -0.15) is 0 Å². The first-order chi connectivity index (χ1) is 11.2. The van der Waals surface area contributed by atoms with Crippen LogP contribution in [0.3, 0.4) is 0 Å². The number of para-hydroxylation sites is 2. The Hall–Kier alpha value is -2.82. The summed E-state index contributed by atoms with van der Waals surface area (Å²) in [6.07, 6.45) is 0.984. The minimum Gasteiger partial charge on any atom is -0.484 e. The molecule has 23 heavy (non-hydrogen) atoms. The summed E-state index contributed by atoms with van der Waals surface area (Å²) in [5.74, 6) is 1.25. The Kier molecular flexibility index (Phi) is 4.57. The average Bonchev–Trinajstić information content (AvgIpc) is 3.01. The van der Waals surface area contributed by atoms with Crippen LogP contribution in [0, 0.1) is 0 Å². The molecule has 3 rings (SSSR count). The van der Waals surface area contributed by atoms with E-state index >= 15 is 0 Å². The van der Waals surface area contributed by atoms with Crippen LogP contribution in [0.1, 0.15) is 18.3 Å². The van der Waals surface area contributed by atoms with Gasteiger partial charge in [0, 0.05) is 0 Å². The maximum Gasteiger partial charge on any atom is 0.258 e. The number of carbonyl (C=O) groups excluding carboxylic acids is 1. The minimum atomic E-state index is -0.176. The number of benzene rings is 2. The summed E-state index contributed by atoms with van der Waals surface area (Å²) in [5.41, 5.74) is 3.10. The largest absolute Gasteiger partial charge is 0.484 e. The molecule has 0 spiro atoms. The van der Waals surface area contributed by atoms with Crippen LogP contribution in [0.25, 0.3) is 11.0 Å². The van der Waals surface area contributed by atoms with Crippen molar-refractivity contribution in [1.29, 1.82) is 0 Å². The fourth-order valence-corrected chi connectivity index (χ4v) is 2.29. The van der Waals surface area contributed by atoms with Crippen molar-refractivity contribution in [3.8, 4) is 5.75 Å². The molecule has 5 heteroatoms. The maximum atomic E-state index is 11.9. The fourth-order valence-electron chi connectivity index (χ4n) is 2.29. The van der Waals surface area contributed by atoms with Crippen LogP contribution in [-0.2, 0) is 17.8 Å². The monoisotopic (exact) mass is 309 g/mol. The molecule has 0 saturated carbocycles. The Labute approximate surface area is 134 Å². The number of fused-ring (bicyclic) bond motifs is 1. The Morgan fingerprint density at radius 3 is 2.70 bits per heavy atom. The quantitative estimate of drug-likeness (QED) is 0.736. The molecule has 0 aliphatic heterocycles. The summed E-state index contributed by atoms with van der Waals surface area (Å²) in [6.45, 7) is 2.44. The number of aromatic amines is 1. The van der Waals surface area contributed by atoms with Gasteiger partial charge in [0.15, 0.2) is 6.61 Å². The minimum absolute atomic E-state index is 0.00823. The number of nitrogens with zero attached hydrogens (tertiary/aromatic N) is 1. The second kappa shape index (κ2) is 6.96. The molecule has 0 saturated heterocycles. The zero-order chi connectivity index (χ0) is 16.1. The van der Waals surface area contributed by atoms with Gasteiger partial charge >= 0.3 is 0 Å². The summed E-state index contributed by atoms with van der Waals surface area (Å²) < 4.78 is 5.47. The first-order valence-electron chi connectivity index (χ1n) is 7.66. The summed E-state index contributed by atoms with van der Waals surface area (Å²) in [6, 6.07) is 15.5. The van der Waals surface area contributed by atoms with Crippen LogP contribution in [-0.4, -0.2) is 22.5 Å². The van der Waals surface area contributed by atoms with Crippen molar-refractivity contribution >= 4 is 16.9 Å². The predicted molar refractivity (Wildman–Crippen MR) is 89.3 cm³/mol. The number of hydrogen-bond acceptors (Lipinski definition) is 3. The lowest BCUT2D eigenvalue weighted by molar-refractivity contribution is -0.123. The molecule has 5 nitrogen and oxygen atoms in total. The second-order valence-corrected chi connectivity index (χ2v) is 5.26. The molecule has 0 atom stereocenters. The van der Waals surface area contributed by atoms with Crippen molar-refractivity contribution in [2.24, 2.45) is 0 Å². The van der Waals surface area contributed by atoms with Gasteiger partial charge in [-0.3, -0.25) is 4.79 Å². The van der Waals surface area contributed by atoms with Crippen LogP contribution >= 0.6 is 0 Å². The molecule has 0 bridgehead atoms. The highest BCUT2D eigenvalue weighted by molar-refractivity contribution is 5.78. The third kappa shape index (κ3) is 3.88. The van der Waals surface area contributed by atoms with Gasteiger partial charge < -0.3 is 15.0 Å². The second-order valence-electron chi connectivity index (χ2n) is 5.26. The van der Waals surface area contributed by atoms with E-state index in [9.17, 15) is 4.79 Å². The molecule has 0 aliphatic rings. The summed E-state index contributed by atoms with van der Waals surface area (Å²) in [4.78, 5) is 19.4. The highest BCUT2D eigenvalue weighted by atomic mass is 16.5. The molecule has 0 aliphatic carbocycles. The molecule has 1 aromatic heterocycles. The van der Waals surface area contributed by atoms with Gasteiger partial charge in [-0.05, 0) is 36.2 Å². The fraction of sp³-hybridized carbons (Fsp3) is 0.222. The Morgan fingerprint density at radius 2 is 1.96 bits per heavy atom. The topological polar surface area (TPSA) is 67.0 Å². The molecular weight excluding hydrogens is 290 g/mol. The van der Waals surface area contributed by atoms with Gasteiger partial charge in [0.1, 0.15) is 11.6 Å². The van der Waals surface area contributed by atoms with E-state index in [0.717, 1.165) is 23.3 Å². The SMILES string of the molecule is CCc1ccc(OCC(=O)NCc2nc3ccccc3[nH]2)cc1. The maximum absolute atomic E-state index is 11.9. The first kappa shape index (κ1) is 15.1. The van der Waals surface area contributed by atoms with E-state index in [1.807, 2.05) is 48.5 Å². The Balaban J connectivity index is 1.49. The first-order valence-corrected chi connectivity index (χ1v) is 7.66. The number of imidazole rings is 1. The van der Waals surface area contributed by atoms with E-state index in [2.05, 4.69) is 22.2 Å². The average molecular weight is 309 g/mol. The van der Waals surface area contributed by atoms with Crippen LogP contribution in [0.5, 0.6) is 5.75 Å². The highest BCUT2D eigenvalue weighted by Gasteiger charge is 2.06. The number of hydrogen-bond donors (Lipinski definition) is 2. The van der Waals surface area contributed by atoms with Crippen molar-refractivity contribution in [2.45, 2.75) is 19.9 Å². The zero-order valence-electron chi connectivity index (χ0n) is 13.0. The standard InChI is InChI=1S/C18H19N3O2/c1-2-13-7-9-14(10-8-13)23-12-18(22)19-11-17-20-15-5-3-4-6-16(15)21-17/h3-10H,2,11-12H2,1H3,(H,19,22)(H,20,21). The van der Waals surface area contributed by atoms with Gasteiger partial charge in [-0.25, -0.2) is 4.98 Å².